The fraction of sp³-hybridized carbons (Fsp3) is 0.176. The number of aryl methyl sites for hydroxylation is 2. The van der Waals surface area contributed by atoms with Crippen LogP contribution in [0, 0.1) is 13.8 Å². The van der Waals surface area contributed by atoms with Crippen LogP contribution in [-0.2, 0) is 0 Å². The molecule has 2 aromatic carbocycles. The van der Waals surface area contributed by atoms with Crippen LogP contribution in [0.2, 0.25) is 0 Å². The minimum atomic E-state index is -0.722. The number of hydrogen-bond donors (Lipinski definition) is 1. The molecule has 0 aliphatic carbocycles. The van der Waals surface area contributed by atoms with Crippen LogP contribution in [0.3, 0.4) is 0 Å². The van der Waals surface area contributed by atoms with Gasteiger partial charge < -0.3 is 9.52 Å². The number of hydrogen-bond acceptors (Lipinski definition) is 2. The second-order valence-corrected chi connectivity index (χ2v) is 4.89. The molecule has 0 radical (unpaired) electrons. The number of aliphatic hydroxyl groups excluding tert-OH is 1. The van der Waals surface area contributed by atoms with Crippen molar-refractivity contribution in [2.75, 3.05) is 0 Å². The van der Waals surface area contributed by atoms with Crippen LogP contribution in [0.1, 0.15) is 28.6 Å². The molecule has 0 saturated carbocycles. The summed E-state index contributed by atoms with van der Waals surface area (Å²) in [6.07, 6.45) is 0.894. The normalized spacial score (nSPS) is 12.8. The summed E-state index contributed by atoms with van der Waals surface area (Å²) >= 11 is 0. The average molecular weight is 252 g/mol. The Morgan fingerprint density at radius 3 is 2.32 bits per heavy atom. The van der Waals surface area contributed by atoms with E-state index in [1.165, 1.54) is 10.9 Å². The maximum atomic E-state index is 10.6. The van der Waals surface area contributed by atoms with Crippen LogP contribution >= 0.6 is 0 Å². The average Bonchev–Trinajstić information content (AvgIpc) is 2.85. The van der Waals surface area contributed by atoms with Gasteiger partial charge in [0.1, 0.15) is 11.9 Å². The standard InChI is InChI=1S/C17H16O2/c1-11-7-8-15(14-6-4-3-5-13(11)14)16(18)17-12(2)9-10-19-17/h3-10,16,18H,1-2H3. The van der Waals surface area contributed by atoms with Crippen LogP contribution in [0.25, 0.3) is 10.8 Å². The van der Waals surface area contributed by atoms with Gasteiger partial charge in [0.05, 0.1) is 6.26 Å². The maximum Gasteiger partial charge on any atom is 0.139 e. The number of benzene rings is 2. The van der Waals surface area contributed by atoms with E-state index >= 15 is 0 Å². The van der Waals surface area contributed by atoms with Gasteiger partial charge in [-0.1, -0.05) is 36.4 Å². The smallest absolute Gasteiger partial charge is 0.139 e. The largest absolute Gasteiger partial charge is 0.466 e. The molecule has 0 amide bonds. The highest BCUT2D eigenvalue weighted by molar-refractivity contribution is 5.89. The monoisotopic (exact) mass is 252 g/mol. The van der Waals surface area contributed by atoms with Crippen molar-refractivity contribution in [2.45, 2.75) is 20.0 Å². The molecule has 0 spiro atoms. The topological polar surface area (TPSA) is 33.4 Å². The highest BCUT2D eigenvalue weighted by atomic mass is 16.4. The summed E-state index contributed by atoms with van der Waals surface area (Å²) in [6, 6.07) is 14.0. The quantitative estimate of drug-likeness (QED) is 0.744. The van der Waals surface area contributed by atoms with Gasteiger partial charge in [-0.25, -0.2) is 0 Å². The van der Waals surface area contributed by atoms with Gasteiger partial charge in [-0.05, 0) is 47.4 Å². The Morgan fingerprint density at radius 1 is 0.895 bits per heavy atom. The van der Waals surface area contributed by atoms with Crippen molar-refractivity contribution in [1.82, 2.24) is 0 Å². The first kappa shape index (κ1) is 12.0. The Labute approximate surface area is 112 Å². The molecule has 3 aromatic rings. The molecule has 0 fully saturated rings. The molecule has 1 unspecified atom stereocenters. The molecule has 19 heavy (non-hydrogen) atoms. The van der Waals surface area contributed by atoms with Crippen LogP contribution in [0.5, 0.6) is 0 Å². The van der Waals surface area contributed by atoms with Crippen molar-refractivity contribution < 1.29 is 9.52 Å². The SMILES string of the molecule is Cc1ccoc1C(O)c1ccc(C)c2ccccc12. The third-order valence-corrected chi connectivity index (χ3v) is 3.62. The van der Waals surface area contributed by atoms with Gasteiger partial charge in [-0.3, -0.25) is 0 Å². The zero-order chi connectivity index (χ0) is 13.4. The van der Waals surface area contributed by atoms with E-state index < -0.39 is 6.10 Å². The van der Waals surface area contributed by atoms with Gasteiger partial charge in [0, 0.05) is 0 Å². The summed E-state index contributed by atoms with van der Waals surface area (Å²) in [4.78, 5) is 0. The first-order valence-electron chi connectivity index (χ1n) is 6.39. The lowest BCUT2D eigenvalue weighted by molar-refractivity contribution is 0.190. The number of furan rings is 1. The Morgan fingerprint density at radius 2 is 1.63 bits per heavy atom. The summed E-state index contributed by atoms with van der Waals surface area (Å²) < 4.78 is 5.41. The molecule has 2 nitrogen and oxygen atoms in total. The van der Waals surface area contributed by atoms with E-state index in [2.05, 4.69) is 13.0 Å². The van der Waals surface area contributed by atoms with E-state index in [-0.39, 0.29) is 0 Å². The Kier molecular flexibility index (Phi) is 2.88. The van der Waals surface area contributed by atoms with E-state index in [4.69, 9.17) is 4.42 Å². The van der Waals surface area contributed by atoms with Crippen LogP contribution in [0.15, 0.2) is 53.1 Å². The van der Waals surface area contributed by atoms with Crippen LogP contribution in [-0.4, -0.2) is 5.11 Å². The lowest BCUT2D eigenvalue weighted by Gasteiger charge is -2.14. The number of rotatable bonds is 2. The van der Waals surface area contributed by atoms with E-state index in [0.717, 1.165) is 16.5 Å². The van der Waals surface area contributed by atoms with Gasteiger partial charge in [-0.15, -0.1) is 0 Å². The van der Waals surface area contributed by atoms with E-state index in [0.29, 0.717) is 5.76 Å². The summed E-state index contributed by atoms with van der Waals surface area (Å²) in [5, 5.41) is 12.8. The highest BCUT2D eigenvalue weighted by Crippen LogP contribution is 2.32. The Balaban J connectivity index is 2.21. The van der Waals surface area contributed by atoms with Crippen LogP contribution < -0.4 is 0 Å². The van der Waals surface area contributed by atoms with Crippen molar-refractivity contribution in [1.29, 1.82) is 0 Å². The summed E-state index contributed by atoms with van der Waals surface area (Å²) in [5.74, 6) is 0.619. The molecule has 0 bridgehead atoms. The fourth-order valence-corrected chi connectivity index (χ4v) is 2.52. The summed E-state index contributed by atoms with van der Waals surface area (Å²) in [7, 11) is 0. The maximum absolute atomic E-state index is 10.6. The van der Waals surface area contributed by atoms with Crippen molar-refractivity contribution in [2.24, 2.45) is 0 Å². The Hall–Kier alpha value is -2.06. The first-order valence-corrected chi connectivity index (χ1v) is 6.39. The fourth-order valence-electron chi connectivity index (χ4n) is 2.52. The molecule has 1 atom stereocenters. The lowest BCUT2D eigenvalue weighted by atomic mass is 9.95. The molecule has 96 valence electrons. The van der Waals surface area contributed by atoms with Crippen LogP contribution in [0.4, 0.5) is 0 Å². The van der Waals surface area contributed by atoms with Gasteiger partial charge in [0.25, 0.3) is 0 Å². The van der Waals surface area contributed by atoms with Gasteiger partial charge in [0.2, 0.25) is 0 Å². The molecular formula is C17H16O2. The van der Waals surface area contributed by atoms with E-state index in [9.17, 15) is 5.11 Å². The zero-order valence-corrected chi connectivity index (χ0v) is 11.1. The lowest BCUT2D eigenvalue weighted by Crippen LogP contribution is -2.01. The molecule has 2 heteroatoms. The molecule has 1 N–H and O–H groups in total. The van der Waals surface area contributed by atoms with Crippen molar-refractivity contribution in [3.05, 3.63) is 71.2 Å². The third kappa shape index (κ3) is 1.94. The minimum absolute atomic E-state index is 0.619. The molecule has 3 rings (SSSR count). The molecule has 0 aliphatic heterocycles. The number of fused-ring (bicyclic) bond motifs is 1. The molecule has 0 saturated heterocycles. The van der Waals surface area contributed by atoms with E-state index in [1.54, 1.807) is 6.26 Å². The molecular weight excluding hydrogens is 236 g/mol. The predicted octanol–water partition coefficient (Wildman–Crippen LogP) is 4.13. The second-order valence-electron chi connectivity index (χ2n) is 4.89. The second kappa shape index (κ2) is 4.56. The third-order valence-electron chi connectivity index (χ3n) is 3.62. The highest BCUT2D eigenvalue weighted by Gasteiger charge is 2.18. The van der Waals surface area contributed by atoms with Crippen molar-refractivity contribution in [3.63, 3.8) is 0 Å². The predicted molar refractivity (Wildman–Crippen MR) is 76.2 cm³/mol. The zero-order valence-electron chi connectivity index (χ0n) is 11.1. The Bertz CT molecular complexity index is 725. The van der Waals surface area contributed by atoms with Crippen molar-refractivity contribution >= 4 is 10.8 Å². The van der Waals surface area contributed by atoms with Gasteiger partial charge in [-0.2, -0.15) is 0 Å². The molecule has 1 aromatic heterocycles. The summed E-state index contributed by atoms with van der Waals surface area (Å²) in [5.41, 5.74) is 3.07. The number of aliphatic hydroxyl groups is 1. The molecule has 0 aliphatic rings. The van der Waals surface area contributed by atoms with Gasteiger partial charge >= 0.3 is 0 Å². The summed E-state index contributed by atoms with van der Waals surface area (Å²) in [6.45, 7) is 4.02. The molecule has 1 heterocycles. The van der Waals surface area contributed by atoms with Crippen molar-refractivity contribution in [3.8, 4) is 0 Å². The first-order chi connectivity index (χ1) is 9.18. The minimum Gasteiger partial charge on any atom is -0.466 e. The van der Waals surface area contributed by atoms with Gasteiger partial charge in [0.15, 0.2) is 0 Å². The van der Waals surface area contributed by atoms with E-state index in [1.807, 2.05) is 43.3 Å².